The van der Waals surface area contributed by atoms with Gasteiger partial charge in [0.15, 0.2) is 0 Å². The van der Waals surface area contributed by atoms with Gasteiger partial charge in [0, 0.05) is 0 Å². The third kappa shape index (κ3) is 2.90. The van der Waals surface area contributed by atoms with Gasteiger partial charge in [0.2, 0.25) is 0 Å². The molecule has 0 unspecified atom stereocenters. The van der Waals surface area contributed by atoms with Gasteiger partial charge < -0.3 is 0 Å². The van der Waals surface area contributed by atoms with Gasteiger partial charge in [-0.3, -0.25) is 0 Å². The average Bonchev–Trinajstić information content (AvgIpc) is 2.28. The first kappa shape index (κ1) is 11.9. The average molecular weight is 254 g/mol. The maximum atomic E-state index is 2.36. The third-order valence-electron chi connectivity index (χ3n) is 3.36. The van der Waals surface area contributed by atoms with Crippen LogP contribution >= 0.6 is 0 Å². The molecule has 0 radical (unpaired) electrons. The first-order valence-electron chi connectivity index (χ1n) is 5.70. The van der Waals surface area contributed by atoms with E-state index < -0.39 is 0 Å². The minimum atomic E-state index is -0.0777. The Bertz CT molecular complexity index is 246. The summed E-state index contributed by atoms with van der Waals surface area (Å²) >= 11 is 0.694. The van der Waals surface area contributed by atoms with Crippen molar-refractivity contribution in [1.82, 2.24) is 0 Å². The van der Waals surface area contributed by atoms with E-state index in [1.54, 1.807) is 4.46 Å². The van der Waals surface area contributed by atoms with Crippen LogP contribution in [-0.2, 0) is 0 Å². The van der Waals surface area contributed by atoms with E-state index in [1.807, 2.05) is 0 Å². The molecule has 14 heavy (non-hydrogen) atoms. The van der Waals surface area contributed by atoms with Gasteiger partial charge in [-0.05, 0) is 0 Å². The van der Waals surface area contributed by atoms with Crippen molar-refractivity contribution < 1.29 is 0 Å². The van der Waals surface area contributed by atoms with E-state index in [-0.39, 0.29) is 4.96 Å². The van der Waals surface area contributed by atoms with Crippen molar-refractivity contribution in [2.75, 3.05) is 0 Å². The summed E-state index contributed by atoms with van der Waals surface area (Å²) in [6.45, 7) is 7.08. The normalized spacial score (nSPS) is 11.6. The summed E-state index contributed by atoms with van der Waals surface area (Å²) < 4.78 is 1.57. The van der Waals surface area contributed by atoms with Crippen molar-refractivity contribution >= 4 is 24.2 Å². The van der Waals surface area contributed by atoms with Gasteiger partial charge in [-0.2, -0.15) is 0 Å². The standard InChI is InChI=1S/C12H20BSe/c1-4-13(5-2,6-3)14-12-10-8-7-9-11-12/h7-11H,4-6H2,1-3H3/q-1. The van der Waals surface area contributed by atoms with E-state index in [4.69, 9.17) is 0 Å². The van der Waals surface area contributed by atoms with Crippen LogP contribution in [0.5, 0.6) is 0 Å². The molecular formula is C12H20BSe-. The quantitative estimate of drug-likeness (QED) is 0.708. The van der Waals surface area contributed by atoms with Crippen molar-refractivity contribution in [1.29, 1.82) is 0 Å². The van der Waals surface area contributed by atoms with Crippen LogP contribution in [0.15, 0.2) is 30.3 Å². The molecule has 0 saturated heterocycles. The van der Waals surface area contributed by atoms with E-state index in [2.05, 4.69) is 51.1 Å². The second-order valence-electron chi connectivity index (χ2n) is 4.02. The van der Waals surface area contributed by atoms with Gasteiger partial charge in [0.1, 0.15) is 0 Å². The van der Waals surface area contributed by atoms with E-state index in [1.165, 1.54) is 19.0 Å². The van der Waals surface area contributed by atoms with Gasteiger partial charge >= 0.3 is 94.3 Å². The van der Waals surface area contributed by atoms with E-state index >= 15 is 0 Å². The zero-order chi connectivity index (χ0) is 10.4. The van der Waals surface area contributed by atoms with Crippen molar-refractivity contribution in [3.05, 3.63) is 30.3 Å². The van der Waals surface area contributed by atoms with Crippen LogP contribution in [-0.4, -0.2) is 19.7 Å². The van der Waals surface area contributed by atoms with Crippen molar-refractivity contribution in [3.8, 4) is 0 Å². The molecule has 1 aromatic carbocycles. The number of hydrogen-bond donors (Lipinski definition) is 0. The Morgan fingerprint density at radius 2 is 1.43 bits per heavy atom. The molecule has 0 heterocycles. The molecule has 2 heteroatoms. The molecule has 0 aliphatic rings. The molecule has 0 nitrogen and oxygen atoms in total. The topological polar surface area (TPSA) is 0 Å². The Labute approximate surface area is 94.4 Å². The van der Waals surface area contributed by atoms with Crippen LogP contribution in [0.25, 0.3) is 0 Å². The van der Waals surface area contributed by atoms with Crippen LogP contribution < -0.4 is 4.46 Å². The van der Waals surface area contributed by atoms with Gasteiger partial charge in [-0.15, -0.1) is 0 Å². The molecule has 78 valence electrons. The summed E-state index contributed by atoms with van der Waals surface area (Å²) in [7, 11) is 0. The Balaban J connectivity index is 2.74. The molecule has 0 bridgehead atoms. The van der Waals surface area contributed by atoms with E-state index in [9.17, 15) is 0 Å². The van der Waals surface area contributed by atoms with Crippen LogP contribution in [0, 0.1) is 0 Å². The SMILES string of the molecule is CC[B-](CC)(CC)[Se]c1ccccc1. The van der Waals surface area contributed by atoms with Gasteiger partial charge in [0.25, 0.3) is 0 Å². The summed E-state index contributed by atoms with van der Waals surface area (Å²) in [4.78, 5) is -0.0777. The molecule has 0 atom stereocenters. The van der Waals surface area contributed by atoms with Crippen molar-refractivity contribution in [2.45, 2.75) is 39.7 Å². The summed E-state index contributed by atoms with van der Waals surface area (Å²) in [5.41, 5.74) is 0. The Morgan fingerprint density at radius 3 is 1.86 bits per heavy atom. The minimum absolute atomic E-state index is 0.0777. The molecular weight excluding hydrogens is 234 g/mol. The van der Waals surface area contributed by atoms with Gasteiger partial charge in [-0.1, -0.05) is 0 Å². The van der Waals surface area contributed by atoms with Crippen LogP contribution in [0.1, 0.15) is 20.8 Å². The predicted octanol–water partition coefficient (Wildman–Crippen LogP) is 3.02. The van der Waals surface area contributed by atoms with Crippen molar-refractivity contribution in [2.24, 2.45) is 0 Å². The number of benzene rings is 1. The molecule has 0 saturated carbocycles. The van der Waals surface area contributed by atoms with Gasteiger partial charge in [-0.25, -0.2) is 0 Å². The third-order valence-corrected chi connectivity index (χ3v) is 7.65. The maximum absolute atomic E-state index is 2.36. The first-order chi connectivity index (χ1) is 6.76. The van der Waals surface area contributed by atoms with Crippen molar-refractivity contribution in [3.63, 3.8) is 0 Å². The summed E-state index contributed by atoms with van der Waals surface area (Å²) in [6.07, 6.45) is 4.13. The fraction of sp³-hybridized carbons (Fsp3) is 0.500. The molecule has 1 rings (SSSR count). The molecule has 0 aromatic heterocycles. The number of rotatable bonds is 5. The summed E-state index contributed by atoms with van der Waals surface area (Å²) in [5.74, 6) is 0. The second kappa shape index (κ2) is 5.63. The number of hydrogen-bond acceptors (Lipinski definition) is 0. The van der Waals surface area contributed by atoms with E-state index in [0.717, 1.165) is 0 Å². The fourth-order valence-electron chi connectivity index (χ4n) is 1.90. The second-order valence-corrected chi connectivity index (χ2v) is 7.60. The first-order valence-corrected chi connectivity index (χ1v) is 7.54. The fourth-order valence-corrected chi connectivity index (χ4v) is 4.82. The zero-order valence-corrected chi connectivity index (χ0v) is 11.2. The Kier molecular flexibility index (Phi) is 4.77. The Hall–Kier alpha value is -0.196. The summed E-state index contributed by atoms with van der Waals surface area (Å²) in [5, 5.41) is 0. The van der Waals surface area contributed by atoms with E-state index in [0.29, 0.717) is 14.8 Å². The van der Waals surface area contributed by atoms with Gasteiger partial charge in [0.05, 0.1) is 0 Å². The molecule has 0 fully saturated rings. The molecule has 0 amide bonds. The molecule has 0 aliphatic carbocycles. The van der Waals surface area contributed by atoms with Crippen LogP contribution in [0.4, 0.5) is 0 Å². The van der Waals surface area contributed by atoms with Crippen LogP contribution in [0.2, 0.25) is 19.0 Å². The molecule has 0 N–H and O–H groups in total. The molecule has 0 aliphatic heterocycles. The predicted molar refractivity (Wildman–Crippen MR) is 69.0 cm³/mol. The monoisotopic (exact) mass is 255 g/mol. The summed E-state index contributed by atoms with van der Waals surface area (Å²) in [6, 6.07) is 11.0. The Morgan fingerprint density at radius 1 is 0.929 bits per heavy atom. The molecule has 1 aromatic rings. The molecule has 0 spiro atoms. The van der Waals surface area contributed by atoms with Crippen LogP contribution in [0.3, 0.4) is 0 Å². The zero-order valence-electron chi connectivity index (χ0n) is 9.49.